The van der Waals surface area contributed by atoms with Crippen molar-refractivity contribution in [3.63, 3.8) is 0 Å². The Kier molecular flexibility index (Phi) is 2.95. The number of thioether (sulfide) groups is 1. The minimum absolute atomic E-state index is 0.266. The number of hydrogen-bond acceptors (Lipinski definition) is 4. The van der Waals surface area contributed by atoms with Gasteiger partial charge in [-0.3, -0.25) is 4.40 Å². The van der Waals surface area contributed by atoms with Crippen LogP contribution in [0.3, 0.4) is 0 Å². The molecule has 1 atom stereocenters. The second-order valence-electron chi connectivity index (χ2n) is 4.41. The van der Waals surface area contributed by atoms with E-state index in [4.69, 9.17) is 5.11 Å². The monoisotopic (exact) mass is 263 g/mol. The molecule has 6 heteroatoms. The zero-order chi connectivity index (χ0) is 12.5. The summed E-state index contributed by atoms with van der Waals surface area (Å²) in [6, 6.07) is 3.25. The highest BCUT2D eigenvalue weighted by Gasteiger charge is 2.19. The second kappa shape index (κ2) is 4.61. The van der Waals surface area contributed by atoms with Crippen molar-refractivity contribution in [2.24, 2.45) is 0 Å². The van der Waals surface area contributed by atoms with Crippen LogP contribution in [0, 0.1) is 0 Å². The summed E-state index contributed by atoms with van der Waals surface area (Å²) in [5, 5.41) is 17.8. The van der Waals surface area contributed by atoms with Gasteiger partial charge in [0.25, 0.3) is 0 Å². The van der Waals surface area contributed by atoms with Crippen LogP contribution in [0.5, 0.6) is 0 Å². The van der Waals surface area contributed by atoms with E-state index in [0.29, 0.717) is 10.9 Å². The molecule has 1 unspecified atom stereocenters. The van der Waals surface area contributed by atoms with Crippen LogP contribution in [0.1, 0.15) is 29.0 Å². The lowest BCUT2D eigenvalue weighted by molar-refractivity contribution is 0.0696. The smallest absolute Gasteiger partial charge is 0.337 e. The van der Waals surface area contributed by atoms with Crippen molar-refractivity contribution >= 4 is 23.4 Å². The third-order valence-corrected chi connectivity index (χ3v) is 4.55. The number of pyridine rings is 1. The summed E-state index contributed by atoms with van der Waals surface area (Å²) >= 11 is 1.96. The van der Waals surface area contributed by atoms with Crippen molar-refractivity contribution in [1.29, 1.82) is 0 Å². The zero-order valence-electron chi connectivity index (χ0n) is 9.74. The fourth-order valence-electron chi connectivity index (χ4n) is 2.21. The SMILES string of the molecule is O=C(O)c1ccc2nnc(CC3CCCS3)n2c1. The van der Waals surface area contributed by atoms with Gasteiger partial charge in [0.15, 0.2) is 5.65 Å². The third-order valence-electron chi connectivity index (χ3n) is 3.15. The molecule has 94 valence electrons. The van der Waals surface area contributed by atoms with Crippen LogP contribution in [0.4, 0.5) is 0 Å². The van der Waals surface area contributed by atoms with E-state index in [-0.39, 0.29) is 5.56 Å². The van der Waals surface area contributed by atoms with Crippen LogP contribution in [-0.2, 0) is 6.42 Å². The molecule has 3 rings (SSSR count). The molecule has 1 saturated heterocycles. The number of carboxylic acids is 1. The van der Waals surface area contributed by atoms with Gasteiger partial charge in [0.05, 0.1) is 5.56 Å². The van der Waals surface area contributed by atoms with Gasteiger partial charge in [-0.05, 0) is 30.7 Å². The molecule has 1 aliphatic heterocycles. The van der Waals surface area contributed by atoms with E-state index in [0.717, 1.165) is 12.2 Å². The highest BCUT2D eigenvalue weighted by atomic mass is 32.2. The predicted octanol–water partition coefficient (Wildman–Crippen LogP) is 1.87. The second-order valence-corrected chi connectivity index (χ2v) is 5.81. The Labute approximate surface area is 108 Å². The molecule has 2 aromatic rings. The Morgan fingerprint density at radius 3 is 3.11 bits per heavy atom. The number of aromatic nitrogens is 3. The number of rotatable bonds is 3. The van der Waals surface area contributed by atoms with Gasteiger partial charge in [0.2, 0.25) is 0 Å². The molecule has 18 heavy (non-hydrogen) atoms. The van der Waals surface area contributed by atoms with E-state index < -0.39 is 5.97 Å². The first-order valence-electron chi connectivity index (χ1n) is 5.92. The lowest BCUT2D eigenvalue weighted by atomic mass is 10.2. The highest BCUT2D eigenvalue weighted by Crippen LogP contribution is 2.28. The minimum atomic E-state index is -0.924. The van der Waals surface area contributed by atoms with Crippen molar-refractivity contribution in [3.8, 4) is 0 Å². The summed E-state index contributed by atoms with van der Waals surface area (Å²) < 4.78 is 1.79. The van der Waals surface area contributed by atoms with Crippen LogP contribution < -0.4 is 0 Å². The van der Waals surface area contributed by atoms with Crippen LogP contribution in [0.2, 0.25) is 0 Å². The number of carboxylic acid groups (broad SMARTS) is 1. The minimum Gasteiger partial charge on any atom is -0.478 e. The summed E-state index contributed by atoms with van der Waals surface area (Å²) in [7, 11) is 0. The molecule has 0 aromatic carbocycles. The Balaban J connectivity index is 1.95. The molecule has 0 amide bonds. The van der Waals surface area contributed by atoms with Crippen LogP contribution in [0.25, 0.3) is 5.65 Å². The van der Waals surface area contributed by atoms with Gasteiger partial charge in [-0.2, -0.15) is 11.8 Å². The number of fused-ring (bicyclic) bond motifs is 1. The molecule has 0 saturated carbocycles. The fraction of sp³-hybridized carbons (Fsp3) is 0.417. The topological polar surface area (TPSA) is 67.5 Å². The molecule has 1 N–H and O–H groups in total. The third kappa shape index (κ3) is 2.08. The molecule has 5 nitrogen and oxygen atoms in total. The molecular weight excluding hydrogens is 250 g/mol. The summed E-state index contributed by atoms with van der Waals surface area (Å²) in [6.07, 6.45) is 4.92. The van der Waals surface area contributed by atoms with Gasteiger partial charge in [-0.25, -0.2) is 4.79 Å². The van der Waals surface area contributed by atoms with E-state index in [1.165, 1.54) is 18.6 Å². The van der Waals surface area contributed by atoms with Crippen molar-refractivity contribution < 1.29 is 9.90 Å². The van der Waals surface area contributed by atoms with Crippen LogP contribution >= 0.6 is 11.8 Å². The molecule has 0 spiro atoms. The molecule has 3 heterocycles. The first kappa shape index (κ1) is 11.5. The summed E-state index contributed by atoms with van der Waals surface area (Å²) in [5.41, 5.74) is 0.973. The average molecular weight is 263 g/mol. The molecule has 0 aliphatic carbocycles. The summed E-state index contributed by atoms with van der Waals surface area (Å²) in [6.45, 7) is 0. The first-order chi connectivity index (χ1) is 8.74. The Morgan fingerprint density at radius 1 is 1.50 bits per heavy atom. The first-order valence-corrected chi connectivity index (χ1v) is 6.97. The quantitative estimate of drug-likeness (QED) is 0.915. The number of nitrogens with zero attached hydrogens (tertiary/aromatic N) is 3. The van der Waals surface area contributed by atoms with E-state index in [1.54, 1.807) is 22.7 Å². The maximum absolute atomic E-state index is 11.0. The summed E-state index contributed by atoms with van der Waals surface area (Å²) in [4.78, 5) is 11.0. The van der Waals surface area contributed by atoms with Crippen molar-refractivity contribution in [1.82, 2.24) is 14.6 Å². The largest absolute Gasteiger partial charge is 0.478 e. The van der Waals surface area contributed by atoms with Gasteiger partial charge in [0.1, 0.15) is 5.82 Å². The predicted molar refractivity (Wildman–Crippen MR) is 69.1 cm³/mol. The van der Waals surface area contributed by atoms with Crippen molar-refractivity contribution in [3.05, 3.63) is 29.7 Å². The molecule has 0 bridgehead atoms. The molecular formula is C12H13N3O2S. The fourth-order valence-corrected chi connectivity index (χ4v) is 3.48. The lowest BCUT2D eigenvalue weighted by Crippen LogP contribution is -2.07. The Bertz CT molecular complexity index is 590. The van der Waals surface area contributed by atoms with Gasteiger partial charge < -0.3 is 5.11 Å². The number of aromatic carboxylic acids is 1. The van der Waals surface area contributed by atoms with E-state index in [1.807, 2.05) is 11.8 Å². The highest BCUT2D eigenvalue weighted by molar-refractivity contribution is 8.00. The van der Waals surface area contributed by atoms with Gasteiger partial charge >= 0.3 is 5.97 Å². The normalized spacial score (nSPS) is 19.4. The van der Waals surface area contributed by atoms with Gasteiger partial charge in [0, 0.05) is 17.9 Å². The molecule has 2 aromatic heterocycles. The maximum Gasteiger partial charge on any atom is 0.337 e. The number of carbonyl (C=O) groups is 1. The summed E-state index contributed by atoms with van der Waals surface area (Å²) in [5.74, 6) is 1.14. The van der Waals surface area contributed by atoms with Crippen LogP contribution in [-0.4, -0.2) is 36.7 Å². The lowest BCUT2D eigenvalue weighted by Gasteiger charge is -2.06. The maximum atomic E-state index is 11.0. The van der Waals surface area contributed by atoms with E-state index in [9.17, 15) is 4.79 Å². The zero-order valence-corrected chi connectivity index (χ0v) is 10.6. The Morgan fingerprint density at radius 2 is 2.39 bits per heavy atom. The van der Waals surface area contributed by atoms with Gasteiger partial charge in [-0.1, -0.05) is 0 Å². The van der Waals surface area contributed by atoms with E-state index in [2.05, 4.69) is 10.2 Å². The molecule has 1 fully saturated rings. The molecule has 0 radical (unpaired) electrons. The number of hydrogen-bond donors (Lipinski definition) is 1. The standard InChI is InChI=1S/C12H13N3O2S/c16-12(17)8-3-4-10-13-14-11(15(10)7-8)6-9-2-1-5-18-9/h3-4,7,9H,1-2,5-6H2,(H,16,17). The van der Waals surface area contributed by atoms with Crippen LogP contribution in [0.15, 0.2) is 18.3 Å². The van der Waals surface area contributed by atoms with Crippen molar-refractivity contribution in [2.75, 3.05) is 5.75 Å². The molecule has 1 aliphatic rings. The van der Waals surface area contributed by atoms with Crippen molar-refractivity contribution in [2.45, 2.75) is 24.5 Å². The van der Waals surface area contributed by atoms with E-state index >= 15 is 0 Å². The average Bonchev–Trinajstić information content (AvgIpc) is 2.99. The van der Waals surface area contributed by atoms with Gasteiger partial charge in [-0.15, -0.1) is 10.2 Å². The Hall–Kier alpha value is -1.56.